The zero-order chi connectivity index (χ0) is 21.1. The predicted molar refractivity (Wildman–Crippen MR) is 109 cm³/mol. The molecule has 2 aromatic carbocycles. The fourth-order valence-corrected chi connectivity index (χ4v) is 3.14. The van der Waals surface area contributed by atoms with E-state index in [-0.39, 0.29) is 35.4 Å². The van der Waals surface area contributed by atoms with E-state index in [1.54, 1.807) is 23.1 Å². The van der Waals surface area contributed by atoms with Crippen molar-refractivity contribution >= 4 is 34.8 Å². The lowest BCUT2D eigenvalue weighted by atomic mass is 10.1. The van der Waals surface area contributed by atoms with Gasteiger partial charge < -0.3 is 4.90 Å². The maximum Gasteiger partial charge on any atom is 0.295 e. The van der Waals surface area contributed by atoms with E-state index in [1.165, 1.54) is 35.5 Å². The van der Waals surface area contributed by atoms with Crippen molar-refractivity contribution in [1.29, 1.82) is 0 Å². The molecule has 0 unspecified atom stereocenters. The predicted octanol–water partition coefficient (Wildman–Crippen LogP) is 4.53. The fraction of sp³-hybridized carbons (Fsp3) is 0.211. The number of nitro benzene ring substituents is 1. The zero-order valence-corrected chi connectivity index (χ0v) is 17.1. The first-order valence-electron chi connectivity index (χ1n) is 8.66. The Kier molecular flexibility index (Phi) is 6.14. The van der Waals surface area contributed by atoms with Gasteiger partial charge in [0.05, 0.1) is 15.0 Å². The van der Waals surface area contributed by atoms with Crippen molar-refractivity contribution in [2.75, 3.05) is 0 Å². The first kappa shape index (κ1) is 20.8. The molecule has 3 rings (SSSR count). The second-order valence-corrected chi connectivity index (χ2v) is 7.39. The number of halogens is 2. The minimum atomic E-state index is -0.549. The highest BCUT2D eigenvalue weighted by molar-refractivity contribution is 6.42. The molecule has 3 aromatic rings. The average molecular weight is 434 g/mol. The number of amides is 1. The highest BCUT2D eigenvalue weighted by Gasteiger charge is 2.24. The summed E-state index contributed by atoms with van der Waals surface area (Å²) in [6, 6.07) is 9.28. The number of hydrogen-bond acceptors (Lipinski definition) is 5. The number of hydrogen-bond donors (Lipinski definition) is 0. The average Bonchev–Trinajstić information content (AvgIpc) is 3.22. The Morgan fingerprint density at radius 1 is 1.21 bits per heavy atom. The SMILES string of the molecule is CC(C)N(Cc1ccc(Cl)c(Cl)c1)C(=O)c1ccc(-n2cncn2)c([N+](=O)[O-])c1. The summed E-state index contributed by atoms with van der Waals surface area (Å²) in [5, 5.41) is 16.3. The van der Waals surface area contributed by atoms with Crippen LogP contribution in [0.15, 0.2) is 49.1 Å². The lowest BCUT2D eigenvalue weighted by Crippen LogP contribution is -2.36. The molecular weight excluding hydrogens is 417 g/mol. The number of nitrogens with zero attached hydrogens (tertiary/aromatic N) is 5. The highest BCUT2D eigenvalue weighted by Crippen LogP contribution is 2.26. The van der Waals surface area contributed by atoms with Crippen molar-refractivity contribution < 1.29 is 9.72 Å². The van der Waals surface area contributed by atoms with Crippen LogP contribution in [0, 0.1) is 10.1 Å². The number of rotatable bonds is 6. The lowest BCUT2D eigenvalue weighted by molar-refractivity contribution is -0.384. The van der Waals surface area contributed by atoms with Gasteiger partial charge in [-0.1, -0.05) is 29.3 Å². The Morgan fingerprint density at radius 3 is 2.55 bits per heavy atom. The maximum absolute atomic E-state index is 13.1. The number of nitro groups is 1. The summed E-state index contributed by atoms with van der Waals surface area (Å²) in [5.41, 5.74) is 0.994. The molecule has 10 heteroatoms. The number of aromatic nitrogens is 3. The lowest BCUT2D eigenvalue weighted by Gasteiger charge is -2.27. The normalized spacial score (nSPS) is 10.9. The molecule has 29 heavy (non-hydrogen) atoms. The Bertz CT molecular complexity index is 1050. The van der Waals surface area contributed by atoms with Crippen LogP contribution in [0.3, 0.4) is 0 Å². The summed E-state index contributed by atoms with van der Waals surface area (Å²) < 4.78 is 1.28. The second-order valence-electron chi connectivity index (χ2n) is 6.58. The van der Waals surface area contributed by atoms with Gasteiger partial charge in [0.2, 0.25) is 0 Å². The smallest absolute Gasteiger partial charge is 0.295 e. The van der Waals surface area contributed by atoms with Gasteiger partial charge in [-0.3, -0.25) is 14.9 Å². The van der Waals surface area contributed by atoms with Gasteiger partial charge in [-0.25, -0.2) is 9.67 Å². The summed E-state index contributed by atoms with van der Waals surface area (Å²) in [4.78, 5) is 29.5. The Labute approximate surface area is 176 Å². The molecule has 0 aliphatic carbocycles. The summed E-state index contributed by atoms with van der Waals surface area (Å²) in [6.45, 7) is 4.02. The molecule has 1 aromatic heterocycles. The first-order valence-corrected chi connectivity index (χ1v) is 9.42. The summed E-state index contributed by atoms with van der Waals surface area (Å²) >= 11 is 12.0. The minimum absolute atomic E-state index is 0.147. The third-order valence-corrected chi connectivity index (χ3v) is 5.04. The van der Waals surface area contributed by atoms with Crippen LogP contribution in [-0.4, -0.2) is 36.5 Å². The van der Waals surface area contributed by atoms with E-state index in [1.807, 2.05) is 13.8 Å². The Balaban J connectivity index is 1.94. The molecule has 0 saturated carbocycles. The van der Waals surface area contributed by atoms with Gasteiger partial charge in [-0.2, -0.15) is 5.10 Å². The van der Waals surface area contributed by atoms with E-state index in [0.717, 1.165) is 5.56 Å². The summed E-state index contributed by atoms with van der Waals surface area (Å²) in [5.74, 6) is -0.334. The molecular formula is C19H17Cl2N5O3. The van der Waals surface area contributed by atoms with E-state index in [2.05, 4.69) is 10.1 Å². The monoisotopic (exact) mass is 433 g/mol. The number of benzene rings is 2. The van der Waals surface area contributed by atoms with Gasteiger partial charge in [-0.15, -0.1) is 0 Å². The molecule has 0 spiro atoms. The van der Waals surface area contributed by atoms with Gasteiger partial charge in [-0.05, 0) is 43.7 Å². The van der Waals surface area contributed by atoms with Crippen molar-refractivity contribution in [1.82, 2.24) is 19.7 Å². The largest absolute Gasteiger partial charge is 0.332 e. The number of carbonyl (C=O) groups excluding carboxylic acids is 1. The molecule has 0 N–H and O–H groups in total. The first-order chi connectivity index (χ1) is 13.8. The van der Waals surface area contributed by atoms with Gasteiger partial charge in [0.1, 0.15) is 18.3 Å². The Morgan fingerprint density at radius 2 is 1.97 bits per heavy atom. The van der Waals surface area contributed by atoms with Crippen molar-refractivity contribution in [2.45, 2.75) is 26.4 Å². The molecule has 8 nitrogen and oxygen atoms in total. The van der Waals surface area contributed by atoms with Crippen LogP contribution in [0.5, 0.6) is 0 Å². The van der Waals surface area contributed by atoms with Crippen LogP contribution in [0.4, 0.5) is 5.69 Å². The maximum atomic E-state index is 13.1. The zero-order valence-electron chi connectivity index (χ0n) is 15.6. The van der Waals surface area contributed by atoms with E-state index >= 15 is 0 Å². The molecule has 0 aliphatic rings. The number of carbonyl (C=O) groups is 1. The molecule has 1 amide bonds. The van der Waals surface area contributed by atoms with Crippen LogP contribution in [-0.2, 0) is 6.54 Å². The molecule has 150 valence electrons. The molecule has 0 saturated heterocycles. The van der Waals surface area contributed by atoms with E-state index in [4.69, 9.17) is 23.2 Å². The van der Waals surface area contributed by atoms with Crippen LogP contribution in [0.25, 0.3) is 5.69 Å². The molecule has 0 radical (unpaired) electrons. The fourth-order valence-electron chi connectivity index (χ4n) is 2.82. The van der Waals surface area contributed by atoms with Gasteiger partial charge >= 0.3 is 0 Å². The molecule has 0 bridgehead atoms. The standard InChI is InChI=1S/C19H17Cl2N5O3/c1-12(2)24(9-13-3-5-15(20)16(21)7-13)19(27)14-4-6-17(18(8-14)26(28)29)25-11-22-10-23-25/h3-8,10-12H,9H2,1-2H3. The molecule has 0 fully saturated rings. The van der Waals surface area contributed by atoms with Crippen molar-refractivity contribution in [3.05, 3.63) is 80.3 Å². The summed E-state index contributed by atoms with van der Waals surface area (Å²) in [6.07, 6.45) is 2.63. The topological polar surface area (TPSA) is 94.2 Å². The third-order valence-electron chi connectivity index (χ3n) is 4.31. The quantitative estimate of drug-likeness (QED) is 0.420. The van der Waals surface area contributed by atoms with Crippen LogP contribution >= 0.6 is 23.2 Å². The van der Waals surface area contributed by atoms with Crippen LogP contribution < -0.4 is 0 Å². The van der Waals surface area contributed by atoms with E-state index in [9.17, 15) is 14.9 Å². The van der Waals surface area contributed by atoms with Crippen LogP contribution in [0.1, 0.15) is 29.8 Å². The van der Waals surface area contributed by atoms with Gasteiger partial charge in [0.25, 0.3) is 11.6 Å². The third kappa shape index (κ3) is 4.55. The van der Waals surface area contributed by atoms with Crippen molar-refractivity contribution in [3.63, 3.8) is 0 Å². The second kappa shape index (κ2) is 8.59. The molecule has 1 heterocycles. The van der Waals surface area contributed by atoms with Crippen molar-refractivity contribution in [2.24, 2.45) is 0 Å². The Hall–Kier alpha value is -2.97. The van der Waals surface area contributed by atoms with Crippen molar-refractivity contribution in [3.8, 4) is 5.69 Å². The van der Waals surface area contributed by atoms with E-state index in [0.29, 0.717) is 10.0 Å². The minimum Gasteiger partial charge on any atom is -0.332 e. The molecule has 0 atom stereocenters. The van der Waals surface area contributed by atoms with Crippen LogP contribution in [0.2, 0.25) is 10.0 Å². The van der Waals surface area contributed by atoms with Gasteiger partial charge in [0, 0.05) is 24.2 Å². The van der Waals surface area contributed by atoms with E-state index < -0.39 is 4.92 Å². The molecule has 0 aliphatic heterocycles. The summed E-state index contributed by atoms with van der Waals surface area (Å²) in [7, 11) is 0. The highest BCUT2D eigenvalue weighted by atomic mass is 35.5. The van der Waals surface area contributed by atoms with Gasteiger partial charge in [0.15, 0.2) is 0 Å².